The van der Waals surface area contributed by atoms with Crippen LogP contribution in [-0.4, -0.2) is 45.6 Å². The summed E-state index contributed by atoms with van der Waals surface area (Å²) in [6.45, 7) is 9.60. The molecule has 0 aliphatic carbocycles. The number of carbonyl (C=O) groups is 1. The van der Waals surface area contributed by atoms with Crippen LogP contribution in [0.3, 0.4) is 0 Å². The van der Waals surface area contributed by atoms with E-state index in [0.29, 0.717) is 24.7 Å². The van der Waals surface area contributed by atoms with Crippen molar-refractivity contribution in [3.8, 4) is 22.8 Å². The van der Waals surface area contributed by atoms with Crippen molar-refractivity contribution in [2.45, 2.75) is 53.1 Å². The van der Waals surface area contributed by atoms with Crippen molar-refractivity contribution in [2.24, 2.45) is 5.41 Å². The lowest BCUT2D eigenvalue weighted by Crippen LogP contribution is -2.33. The molecule has 0 radical (unpaired) electrons. The average Bonchev–Trinajstić information content (AvgIpc) is 3.33. The van der Waals surface area contributed by atoms with Gasteiger partial charge >= 0.3 is 5.97 Å². The molecule has 186 valence electrons. The van der Waals surface area contributed by atoms with Gasteiger partial charge in [0, 0.05) is 36.8 Å². The number of pyridine rings is 1. The van der Waals surface area contributed by atoms with Gasteiger partial charge in [0.1, 0.15) is 18.2 Å². The third-order valence-electron chi connectivity index (χ3n) is 6.24. The van der Waals surface area contributed by atoms with E-state index in [0.717, 1.165) is 29.7 Å². The summed E-state index contributed by atoms with van der Waals surface area (Å²) in [5.41, 5.74) is 2.27. The molecule has 2 aromatic heterocycles. The quantitative estimate of drug-likeness (QED) is 0.356. The summed E-state index contributed by atoms with van der Waals surface area (Å²) in [7, 11) is 1.60. The molecule has 3 aromatic rings. The van der Waals surface area contributed by atoms with E-state index in [1.54, 1.807) is 31.2 Å². The number of aryl methyl sites for hydroxylation is 1. The molecular formula is C26H32N4O5. The molecule has 9 heteroatoms. The Bertz CT molecular complexity index is 1260. The first-order chi connectivity index (χ1) is 16.7. The second-order valence-corrected chi connectivity index (χ2v) is 9.67. The van der Waals surface area contributed by atoms with Gasteiger partial charge in [-0.25, -0.2) is 9.78 Å². The molecule has 0 fully saturated rings. The van der Waals surface area contributed by atoms with Crippen molar-refractivity contribution in [1.29, 1.82) is 0 Å². The molecule has 1 aliphatic heterocycles. The Kier molecular flexibility index (Phi) is 6.95. The van der Waals surface area contributed by atoms with Crippen molar-refractivity contribution in [2.75, 3.05) is 20.3 Å². The van der Waals surface area contributed by atoms with E-state index >= 15 is 0 Å². The molecule has 0 saturated carbocycles. The van der Waals surface area contributed by atoms with Crippen molar-refractivity contribution < 1.29 is 19.0 Å². The Labute approximate surface area is 204 Å². The highest BCUT2D eigenvalue weighted by atomic mass is 16.5. The molecule has 1 aliphatic rings. The number of aromatic nitrogens is 4. The van der Waals surface area contributed by atoms with Crippen LogP contribution >= 0.6 is 0 Å². The number of ether oxygens (including phenoxy) is 3. The first-order valence-electron chi connectivity index (χ1n) is 11.8. The van der Waals surface area contributed by atoms with Gasteiger partial charge in [0.2, 0.25) is 0 Å². The topological polar surface area (TPSA) is 97.5 Å². The first-order valence-corrected chi connectivity index (χ1v) is 11.8. The number of carbonyl (C=O) groups excluding carboxylic acids is 1. The van der Waals surface area contributed by atoms with E-state index in [2.05, 4.69) is 30.9 Å². The zero-order valence-electron chi connectivity index (χ0n) is 20.9. The van der Waals surface area contributed by atoms with Crippen LogP contribution in [0.4, 0.5) is 0 Å². The second kappa shape index (κ2) is 9.93. The van der Waals surface area contributed by atoms with Crippen LogP contribution < -0.4 is 14.9 Å². The van der Waals surface area contributed by atoms with Crippen LogP contribution in [0, 0.1) is 5.41 Å². The van der Waals surface area contributed by atoms with Crippen LogP contribution in [0.15, 0.2) is 41.8 Å². The lowest BCUT2D eigenvalue weighted by molar-refractivity contribution is 0.0523. The van der Waals surface area contributed by atoms with Crippen molar-refractivity contribution in [3.05, 3.63) is 58.4 Å². The fourth-order valence-corrected chi connectivity index (χ4v) is 4.45. The van der Waals surface area contributed by atoms with Gasteiger partial charge in [0.25, 0.3) is 0 Å². The molecule has 1 atom stereocenters. The first kappa shape index (κ1) is 24.5. The summed E-state index contributed by atoms with van der Waals surface area (Å²) in [5, 5.41) is 4.11. The normalized spacial score (nSPS) is 14.7. The summed E-state index contributed by atoms with van der Waals surface area (Å²) in [6.07, 6.45) is 6.33. The fraction of sp³-hybridized carbons (Fsp3) is 0.462. The van der Waals surface area contributed by atoms with E-state index in [1.165, 1.54) is 12.4 Å². The highest BCUT2D eigenvalue weighted by molar-refractivity contribution is 5.89. The van der Waals surface area contributed by atoms with Crippen LogP contribution in [0.25, 0.3) is 11.3 Å². The minimum absolute atomic E-state index is 0.0207. The van der Waals surface area contributed by atoms with E-state index in [4.69, 9.17) is 14.2 Å². The minimum atomic E-state index is -0.599. The second-order valence-electron chi connectivity index (χ2n) is 9.67. The summed E-state index contributed by atoms with van der Waals surface area (Å²) in [4.78, 5) is 29.3. The molecular weight excluding hydrogens is 448 g/mol. The summed E-state index contributed by atoms with van der Waals surface area (Å²) < 4.78 is 20.6. The molecule has 3 heterocycles. The summed E-state index contributed by atoms with van der Waals surface area (Å²) in [6, 6.07) is 5.47. The Hall–Kier alpha value is -3.62. The molecule has 1 aromatic carbocycles. The van der Waals surface area contributed by atoms with E-state index in [1.807, 2.05) is 16.7 Å². The van der Waals surface area contributed by atoms with Gasteiger partial charge in [-0.3, -0.25) is 9.48 Å². The van der Waals surface area contributed by atoms with Gasteiger partial charge in [-0.1, -0.05) is 20.8 Å². The molecule has 1 unspecified atom stereocenters. The van der Waals surface area contributed by atoms with E-state index < -0.39 is 5.97 Å². The number of rotatable bonds is 8. The van der Waals surface area contributed by atoms with Gasteiger partial charge in [-0.05, 0) is 36.5 Å². The monoisotopic (exact) mass is 480 g/mol. The molecule has 0 bridgehead atoms. The maximum absolute atomic E-state index is 12.9. The van der Waals surface area contributed by atoms with E-state index in [9.17, 15) is 9.59 Å². The number of benzene rings is 1. The number of nitrogens with zero attached hydrogens (tertiary/aromatic N) is 4. The standard InChI is InChI=1S/C26H32N4O5/c1-6-34-25(32)19-14-30-20(13-21(19)31)18-12-22(33-5)23(10-17(18)11-24(30)26(2,3)4)35-9-7-8-29-16-27-15-28-29/h10,12-16,24H,6-9,11H2,1-5H3. The average molecular weight is 481 g/mol. The highest BCUT2D eigenvalue weighted by Gasteiger charge is 2.34. The van der Waals surface area contributed by atoms with Gasteiger partial charge in [0.05, 0.1) is 26.0 Å². The van der Waals surface area contributed by atoms with Crippen molar-refractivity contribution in [3.63, 3.8) is 0 Å². The zero-order chi connectivity index (χ0) is 25.2. The fourth-order valence-electron chi connectivity index (χ4n) is 4.45. The lowest BCUT2D eigenvalue weighted by atomic mass is 9.78. The van der Waals surface area contributed by atoms with Gasteiger partial charge < -0.3 is 18.8 Å². The van der Waals surface area contributed by atoms with Crippen LogP contribution in [0.2, 0.25) is 0 Å². The molecule has 4 rings (SSSR count). The Morgan fingerprint density at radius 2 is 2.00 bits per heavy atom. The number of esters is 1. The SMILES string of the molecule is CCOC(=O)c1cn2c(cc1=O)-c1cc(OC)c(OCCCn3cncn3)cc1CC2C(C)(C)C. The number of hydrogen-bond acceptors (Lipinski definition) is 7. The molecule has 0 saturated heterocycles. The molecule has 35 heavy (non-hydrogen) atoms. The zero-order valence-corrected chi connectivity index (χ0v) is 20.9. The Balaban J connectivity index is 1.70. The van der Waals surface area contributed by atoms with Crippen molar-refractivity contribution in [1.82, 2.24) is 19.3 Å². The third-order valence-corrected chi connectivity index (χ3v) is 6.24. The number of methoxy groups -OCH3 is 1. The van der Waals surface area contributed by atoms with Gasteiger partial charge in [0.15, 0.2) is 16.9 Å². The Morgan fingerprint density at radius 1 is 1.20 bits per heavy atom. The highest BCUT2D eigenvalue weighted by Crippen LogP contribution is 2.45. The molecule has 0 amide bonds. The minimum Gasteiger partial charge on any atom is -0.493 e. The van der Waals surface area contributed by atoms with Gasteiger partial charge in [-0.2, -0.15) is 5.10 Å². The number of fused-ring (bicyclic) bond motifs is 3. The molecule has 9 nitrogen and oxygen atoms in total. The molecule has 0 spiro atoms. The Morgan fingerprint density at radius 3 is 2.66 bits per heavy atom. The predicted molar refractivity (Wildman–Crippen MR) is 131 cm³/mol. The van der Waals surface area contributed by atoms with E-state index in [-0.39, 0.29) is 29.1 Å². The number of hydrogen-bond donors (Lipinski definition) is 0. The lowest BCUT2D eigenvalue weighted by Gasteiger charge is -2.39. The largest absolute Gasteiger partial charge is 0.493 e. The molecule has 0 N–H and O–H groups in total. The van der Waals surface area contributed by atoms with Crippen molar-refractivity contribution >= 4 is 5.97 Å². The van der Waals surface area contributed by atoms with Crippen LogP contribution in [0.1, 0.15) is 56.1 Å². The summed E-state index contributed by atoms with van der Waals surface area (Å²) >= 11 is 0. The van der Waals surface area contributed by atoms with Crippen LogP contribution in [0.5, 0.6) is 11.5 Å². The maximum atomic E-state index is 12.9. The smallest absolute Gasteiger partial charge is 0.343 e. The van der Waals surface area contributed by atoms with Crippen LogP contribution in [-0.2, 0) is 17.7 Å². The maximum Gasteiger partial charge on any atom is 0.343 e. The van der Waals surface area contributed by atoms with Gasteiger partial charge in [-0.15, -0.1) is 0 Å². The summed E-state index contributed by atoms with van der Waals surface area (Å²) in [5.74, 6) is 0.655. The predicted octanol–water partition coefficient (Wildman–Crippen LogP) is 3.90. The third kappa shape index (κ3) is 5.08.